The molecule has 0 N–H and O–H groups in total. The molecule has 0 unspecified atom stereocenters. The van der Waals surface area contributed by atoms with Crippen LogP contribution in [-0.4, -0.2) is 41.1 Å². The van der Waals surface area contributed by atoms with Gasteiger partial charge >= 0.3 is 0 Å². The van der Waals surface area contributed by atoms with Crippen molar-refractivity contribution < 1.29 is 4.39 Å². The Bertz CT molecular complexity index is 542. The molecule has 1 fully saturated rings. The molecule has 0 aliphatic carbocycles. The number of aryl methyl sites for hydroxylation is 1. The summed E-state index contributed by atoms with van der Waals surface area (Å²) in [7, 11) is 0. The van der Waals surface area contributed by atoms with E-state index in [0.717, 1.165) is 37.7 Å². The Morgan fingerprint density at radius 3 is 2.35 bits per heavy atom. The van der Waals surface area contributed by atoms with Crippen molar-refractivity contribution in [1.82, 2.24) is 15.0 Å². The summed E-state index contributed by atoms with van der Waals surface area (Å²) in [6.45, 7) is 5.25. The summed E-state index contributed by atoms with van der Waals surface area (Å²) < 4.78 is 13.1. The molecule has 0 atom stereocenters. The molecule has 3 rings (SSSR count). The average molecular weight is 273 g/mol. The van der Waals surface area contributed by atoms with Crippen LogP contribution < -0.4 is 9.80 Å². The first-order valence-electron chi connectivity index (χ1n) is 6.63. The highest BCUT2D eigenvalue weighted by molar-refractivity contribution is 5.44. The van der Waals surface area contributed by atoms with E-state index in [1.807, 2.05) is 19.1 Å². The third-order valence-corrected chi connectivity index (χ3v) is 3.42. The molecular formula is C14H16FN5. The number of anilines is 2. The smallest absolute Gasteiger partial charge is 0.214 e. The number of pyridine rings is 1. The van der Waals surface area contributed by atoms with E-state index >= 15 is 0 Å². The SMILES string of the molecule is Cc1cc(N2CCN(c3cccc(F)n3)CC2)ncn1. The summed E-state index contributed by atoms with van der Waals surface area (Å²) in [5, 5.41) is 0. The van der Waals surface area contributed by atoms with Gasteiger partial charge in [-0.3, -0.25) is 0 Å². The number of hydrogen-bond acceptors (Lipinski definition) is 5. The zero-order valence-corrected chi connectivity index (χ0v) is 11.3. The predicted octanol–water partition coefficient (Wildman–Crippen LogP) is 1.65. The van der Waals surface area contributed by atoms with Gasteiger partial charge in [-0.2, -0.15) is 4.39 Å². The Morgan fingerprint density at radius 1 is 1.00 bits per heavy atom. The van der Waals surface area contributed by atoms with E-state index < -0.39 is 5.95 Å². The molecule has 0 saturated carbocycles. The first-order valence-corrected chi connectivity index (χ1v) is 6.63. The molecular weight excluding hydrogens is 257 g/mol. The molecule has 2 aromatic rings. The zero-order chi connectivity index (χ0) is 13.9. The fraction of sp³-hybridized carbons (Fsp3) is 0.357. The highest BCUT2D eigenvalue weighted by Gasteiger charge is 2.19. The third kappa shape index (κ3) is 2.68. The fourth-order valence-corrected chi connectivity index (χ4v) is 2.35. The van der Waals surface area contributed by atoms with E-state index in [4.69, 9.17) is 0 Å². The van der Waals surface area contributed by atoms with Gasteiger partial charge in [-0.15, -0.1) is 0 Å². The largest absolute Gasteiger partial charge is 0.353 e. The first-order chi connectivity index (χ1) is 9.72. The lowest BCUT2D eigenvalue weighted by Crippen LogP contribution is -2.47. The van der Waals surface area contributed by atoms with Crippen LogP contribution >= 0.6 is 0 Å². The summed E-state index contributed by atoms with van der Waals surface area (Å²) in [6, 6.07) is 6.88. The minimum atomic E-state index is -0.434. The topological polar surface area (TPSA) is 45.2 Å². The number of hydrogen-bond donors (Lipinski definition) is 0. The van der Waals surface area contributed by atoms with E-state index in [2.05, 4.69) is 24.8 Å². The van der Waals surface area contributed by atoms with Crippen LogP contribution in [0.2, 0.25) is 0 Å². The van der Waals surface area contributed by atoms with E-state index in [-0.39, 0.29) is 0 Å². The Hall–Kier alpha value is -2.24. The van der Waals surface area contributed by atoms with Crippen LogP contribution in [0, 0.1) is 12.9 Å². The number of piperazine rings is 1. The molecule has 0 bridgehead atoms. The van der Waals surface area contributed by atoms with Crippen molar-refractivity contribution in [3.8, 4) is 0 Å². The lowest BCUT2D eigenvalue weighted by Gasteiger charge is -2.36. The molecule has 0 spiro atoms. The van der Waals surface area contributed by atoms with Crippen LogP contribution in [0.25, 0.3) is 0 Å². The Morgan fingerprint density at radius 2 is 1.70 bits per heavy atom. The summed E-state index contributed by atoms with van der Waals surface area (Å²) in [6.07, 6.45) is 1.59. The summed E-state index contributed by atoms with van der Waals surface area (Å²) in [4.78, 5) is 16.6. The van der Waals surface area contributed by atoms with Gasteiger partial charge in [0.2, 0.25) is 5.95 Å². The minimum absolute atomic E-state index is 0.434. The molecule has 1 aliphatic rings. The molecule has 1 aliphatic heterocycles. The normalized spacial score (nSPS) is 15.5. The monoisotopic (exact) mass is 273 g/mol. The lowest BCUT2D eigenvalue weighted by molar-refractivity contribution is 0.574. The van der Waals surface area contributed by atoms with Crippen molar-refractivity contribution >= 4 is 11.6 Å². The highest BCUT2D eigenvalue weighted by Crippen LogP contribution is 2.17. The Labute approximate surface area is 117 Å². The Balaban J connectivity index is 1.68. The summed E-state index contributed by atoms with van der Waals surface area (Å²) in [5.74, 6) is 1.21. The zero-order valence-electron chi connectivity index (χ0n) is 11.3. The lowest BCUT2D eigenvalue weighted by atomic mass is 10.3. The molecule has 2 aromatic heterocycles. The molecule has 6 heteroatoms. The third-order valence-electron chi connectivity index (χ3n) is 3.42. The predicted molar refractivity (Wildman–Crippen MR) is 75.4 cm³/mol. The van der Waals surface area contributed by atoms with Gasteiger partial charge in [0.25, 0.3) is 0 Å². The number of nitrogens with zero attached hydrogens (tertiary/aromatic N) is 5. The van der Waals surface area contributed by atoms with Gasteiger partial charge in [0.1, 0.15) is 18.0 Å². The average Bonchev–Trinajstić information content (AvgIpc) is 2.47. The number of aromatic nitrogens is 3. The van der Waals surface area contributed by atoms with Gasteiger partial charge in [0.15, 0.2) is 0 Å². The maximum absolute atomic E-state index is 13.1. The molecule has 3 heterocycles. The first kappa shape index (κ1) is 12.8. The quantitative estimate of drug-likeness (QED) is 0.778. The Kier molecular flexibility index (Phi) is 3.45. The molecule has 20 heavy (non-hydrogen) atoms. The van der Waals surface area contributed by atoms with Crippen LogP contribution in [0.4, 0.5) is 16.0 Å². The molecule has 0 radical (unpaired) electrons. The van der Waals surface area contributed by atoms with Crippen molar-refractivity contribution in [2.24, 2.45) is 0 Å². The van der Waals surface area contributed by atoms with Gasteiger partial charge in [-0.05, 0) is 19.1 Å². The van der Waals surface area contributed by atoms with E-state index in [1.54, 1.807) is 12.4 Å². The van der Waals surface area contributed by atoms with Crippen LogP contribution in [-0.2, 0) is 0 Å². The van der Waals surface area contributed by atoms with Gasteiger partial charge in [0, 0.05) is 37.9 Å². The second-order valence-electron chi connectivity index (χ2n) is 4.81. The summed E-state index contributed by atoms with van der Waals surface area (Å²) in [5.41, 5.74) is 0.962. The van der Waals surface area contributed by atoms with Crippen molar-refractivity contribution in [1.29, 1.82) is 0 Å². The van der Waals surface area contributed by atoms with E-state index in [0.29, 0.717) is 5.82 Å². The van der Waals surface area contributed by atoms with Crippen molar-refractivity contribution in [2.75, 3.05) is 36.0 Å². The van der Waals surface area contributed by atoms with Crippen molar-refractivity contribution in [3.05, 3.63) is 42.2 Å². The van der Waals surface area contributed by atoms with Crippen molar-refractivity contribution in [3.63, 3.8) is 0 Å². The van der Waals surface area contributed by atoms with Crippen LogP contribution in [0.3, 0.4) is 0 Å². The second kappa shape index (κ2) is 5.40. The fourth-order valence-electron chi connectivity index (χ4n) is 2.35. The van der Waals surface area contributed by atoms with Crippen molar-refractivity contribution in [2.45, 2.75) is 6.92 Å². The minimum Gasteiger partial charge on any atom is -0.353 e. The van der Waals surface area contributed by atoms with Gasteiger partial charge < -0.3 is 9.80 Å². The number of halogens is 1. The second-order valence-corrected chi connectivity index (χ2v) is 4.81. The van der Waals surface area contributed by atoms with Crippen LogP contribution in [0.1, 0.15) is 5.69 Å². The van der Waals surface area contributed by atoms with E-state index in [9.17, 15) is 4.39 Å². The molecule has 0 amide bonds. The highest BCUT2D eigenvalue weighted by atomic mass is 19.1. The van der Waals surface area contributed by atoms with Gasteiger partial charge in [-0.25, -0.2) is 15.0 Å². The molecule has 5 nitrogen and oxygen atoms in total. The maximum Gasteiger partial charge on any atom is 0.214 e. The molecule has 104 valence electrons. The van der Waals surface area contributed by atoms with Crippen LogP contribution in [0.5, 0.6) is 0 Å². The van der Waals surface area contributed by atoms with E-state index in [1.165, 1.54) is 6.07 Å². The standard InChI is InChI=1S/C14H16FN5/c1-11-9-14(17-10-16-11)20-7-5-19(6-8-20)13-4-2-3-12(15)18-13/h2-4,9-10H,5-8H2,1H3. The molecule has 1 saturated heterocycles. The number of rotatable bonds is 2. The molecule has 0 aromatic carbocycles. The summed E-state index contributed by atoms with van der Waals surface area (Å²) >= 11 is 0. The van der Waals surface area contributed by atoms with Crippen LogP contribution in [0.15, 0.2) is 30.6 Å². The maximum atomic E-state index is 13.1. The van der Waals surface area contributed by atoms with Gasteiger partial charge in [0.05, 0.1) is 0 Å². The van der Waals surface area contributed by atoms with Gasteiger partial charge in [-0.1, -0.05) is 6.07 Å².